The number of aliphatic hydroxyl groups is 1. The lowest BCUT2D eigenvalue weighted by Gasteiger charge is -2.30. The van der Waals surface area contributed by atoms with Gasteiger partial charge in [-0.3, -0.25) is 14.4 Å². The molecule has 42 heavy (non-hydrogen) atoms. The first-order chi connectivity index (χ1) is 20.1. The molecular formula is C33H39N3O5S. The monoisotopic (exact) mass is 589 g/mol. The fourth-order valence-corrected chi connectivity index (χ4v) is 6.38. The first-order valence-corrected chi connectivity index (χ1v) is 15.2. The molecule has 3 N–H and O–H groups in total. The molecule has 1 saturated heterocycles. The highest BCUT2D eigenvalue weighted by atomic mass is 32.2. The predicted octanol–water partition coefficient (Wildman–Crippen LogP) is 3.61. The minimum atomic E-state index is -1.55. The molecule has 1 aliphatic heterocycles. The number of aliphatic hydroxyl groups excluding tert-OH is 1. The van der Waals surface area contributed by atoms with Crippen LogP contribution in [0.4, 0.5) is 0 Å². The summed E-state index contributed by atoms with van der Waals surface area (Å²) in [5, 5.41) is 17.1. The number of hydrogen-bond acceptors (Lipinski definition) is 6. The molecule has 4 rings (SSSR count). The zero-order chi connectivity index (χ0) is 30.2. The SMILES string of the molecule is Cc1cc(C)c(OCC(=O)N[C@@H](Cc2ccccc2)[C@H](O)C(=O)N2CSC[C@H]2C(=O)NCc2ccccc2C)c(C)c1. The van der Waals surface area contributed by atoms with E-state index >= 15 is 0 Å². The van der Waals surface area contributed by atoms with Crippen LogP contribution in [0.2, 0.25) is 0 Å². The number of carbonyl (C=O) groups excluding carboxylic acids is 3. The number of ether oxygens (including phenoxy) is 1. The van der Waals surface area contributed by atoms with Crippen LogP contribution in [0.5, 0.6) is 5.75 Å². The molecule has 3 aromatic carbocycles. The molecule has 1 heterocycles. The molecule has 0 aromatic heterocycles. The number of carbonyl (C=O) groups is 3. The Kier molecular flexibility index (Phi) is 10.7. The van der Waals surface area contributed by atoms with Gasteiger partial charge < -0.3 is 25.4 Å². The minimum Gasteiger partial charge on any atom is -0.483 e. The summed E-state index contributed by atoms with van der Waals surface area (Å²) in [5.41, 5.74) is 5.87. The van der Waals surface area contributed by atoms with Gasteiger partial charge in [-0.2, -0.15) is 0 Å². The second-order valence-electron chi connectivity index (χ2n) is 10.8. The van der Waals surface area contributed by atoms with Crippen LogP contribution in [0.15, 0.2) is 66.7 Å². The van der Waals surface area contributed by atoms with Gasteiger partial charge in [-0.05, 0) is 61.9 Å². The van der Waals surface area contributed by atoms with E-state index in [4.69, 9.17) is 4.74 Å². The lowest BCUT2D eigenvalue weighted by molar-refractivity contribution is -0.146. The number of nitrogens with one attached hydrogen (secondary N) is 2. The molecule has 0 bridgehead atoms. The Morgan fingerprint density at radius 3 is 2.33 bits per heavy atom. The van der Waals surface area contributed by atoms with Crippen LogP contribution < -0.4 is 15.4 Å². The number of hydrogen-bond donors (Lipinski definition) is 3. The van der Waals surface area contributed by atoms with Gasteiger partial charge in [-0.25, -0.2) is 0 Å². The third kappa shape index (κ3) is 7.92. The van der Waals surface area contributed by atoms with E-state index in [0.717, 1.165) is 33.4 Å². The third-order valence-electron chi connectivity index (χ3n) is 7.41. The quantitative estimate of drug-likeness (QED) is 0.316. The van der Waals surface area contributed by atoms with Crippen molar-refractivity contribution in [1.29, 1.82) is 0 Å². The van der Waals surface area contributed by atoms with Crippen LogP contribution in [0.25, 0.3) is 0 Å². The summed E-state index contributed by atoms with van der Waals surface area (Å²) >= 11 is 1.45. The van der Waals surface area contributed by atoms with E-state index in [2.05, 4.69) is 10.6 Å². The van der Waals surface area contributed by atoms with Gasteiger partial charge in [0.25, 0.3) is 11.8 Å². The van der Waals surface area contributed by atoms with Crippen LogP contribution in [0, 0.1) is 27.7 Å². The Morgan fingerprint density at radius 1 is 0.976 bits per heavy atom. The van der Waals surface area contributed by atoms with Crippen molar-refractivity contribution in [2.24, 2.45) is 0 Å². The minimum absolute atomic E-state index is 0.229. The maximum Gasteiger partial charge on any atom is 0.258 e. The van der Waals surface area contributed by atoms with Crippen molar-refractivity contribution in [3.05, 3.63) is 100 Å². The molecule has 9 heteroatoms. The number of amides is 3. The maximum atomic E-state index is 13.6. The molecule has 3 atom stereocenters. The summed E-state index contributed by atoms with van der Waals surface area (Å²) in [6.07, 6.45) is -1.32. The van der Waals surface area contributed by atoms with Crippen molar-refractivity contribution in [3.8, 4) is 5.75 Å². The van der Waals surface area contributed by atoms with Crippen molar-refractivity contribution in [2.75, 3.05) is 18.2 Å². The lowest BCUT2D eigenvalue weighted by Crippen LogP contribution is -2.56. The summed E-state index contributed by atoms with van der Waals surface area (Å²) in [5.74, 6) is 0.0234. The van der Waals surface area contributed by atoms with Gasteiger partial charge in [0.1, 0.15) is 11.8 Å². The molecule has 0 saturated carbocycles. The Balaban J connectivity index is 1.44. The summed E-state index contributed by atoms with van der Waals surface area (Å²) in [7, 11) is 0. The molecule has 1 aliphatic rings. The van der Waals surface area contributed by atoms with Gasteiger partial charge in [0.05, 0.1) is 11.9 Å². The number of benzene rings is 3. The van der Waals surface area contributed by atoms with Gasteiger partial charge in [-0.15, -0.1) is 11.8 Å². The van der Waals surface area contributed by atoms with Crippen molar-refractivity contribution in [2.45, 2.75) is 58.8 Å². The Bertz CT molecular complexity index is 1390. The smallest absolute Gasteiger partial charge is 0.258 e. The van der Waals surface area contributed by atoms with Gasteiger partial charge in [0, 0.05) is 12.3 Å². The van der Waals surface area contributed by atoms with Gasteiger partial charge in [-0.1, -0.05) is 72.3 Å². The van der Waals surface area contributed by atoms with Crippen molar-refractivity contribution in [3.63, 3.8) is 0 Å². The summed E-state index contributed by atoms with van der Waals surface area (Å²) in [4.78, 5) is 41.2. The highest BCUT2D eigenvalue weighted by molar-refractivity contribution is 7.99. The fourth-order valence-electron chi connectivity index (χ4n) is 5.22. The van der Waals surface area contributed by atoms with E-state index in [-0.39, 0.29) is 24.8 Å². The van der Waals surface area contributed by atoms with E-state index in [9.17, 15) is 19.5 Å². The molecule has 0 radical (unpaired) electrons. The van der Waals surface area contributed by atoms with E-state index in [0.29, 0.717) is 18.0 Å². The van der Waals surface area contributed by atoms with E-state index in [1.165, 1.54) is 16.7 Å². The van der Waals surface area contributed by atoms with Crippen LogP contribution in [0.3, 0.4) is 0 Å². The highest BCUT2D eigenvalue weighted by Crippen LogP contribution is 2.25. The molecule has 0 aliphatic carbocycles. The van der Waals surface area contributed by atoms with Crippen molar-refractivity contribution < 1.29 is 24.2 Å². The second-order valence-corrected chi connectivity index (χ2v) is 11.8. The topological polar surface area (TPSA) is 108 Å². The van der Waals surface area contributed by atoms with E-state index in [1.54, 1.807) is 0 Å². The van der Waals surface area contributed by atoms with Crippen LogP contribution >= 0.6 is 11.8 Å². The molecular weight excluding hydrogens is 550 g/mol. The Morgan fingerprint density at radius 2 is 1.64 bits per heavy atom. The van der Waals surface area contributed by atoms with Crippen LogP contribution in [0.1, 0.15) is 33.4 Å². The summed E-state index contributed by atoms with van der Waals surface area (Å²) in [6, 6.07) is 19.5. The first kappa shape index (κ1) is 31.1. The molecule has 0 spiro atoms. The van der Waals surface area contributed by atoms with Gasteiger partial charge >= 0.3 is 0 Å². The number of rotatable bonds is 11. The maximum absolute atomic E-state index is 13.6. The zero-order valence-corrected chi connectivity index (χ0v) is 25.4. The van der Waals surface area contributed by atoms with Crippen molar-refractivity contribution >= 4 is 29.5 Å². The second kappa shape index (κ2) is 14.4. The van der Waals surface area contributed by atoms with Gasteiger partial charge in [0.15, 0.2) is 12.7 Å². The molecule has 222 valence electrons. The molecule has 0 unspecified atom stereocenters. The Hall–Kier alpha value is -3.82. The standard InChI is InChI=1S/C33H39N3O5S/c1-21-14-23(3)31(24(4)15-21)41-18-29(37)35-27(16-25-11-6-5-7-12-25)30(38)33(40)36-20-42-19-28(36)32(39)34-17-26-13-9-8-10-22(26)2/h5-15,27-28,30,38H,16-20H2,1-4H3,(H,34,39)(H,35,37)/t27-,28-,30-/m0/s1. The first-order valence-electron chi connectivity index (χ1n) is 14.1. The largest absolute Gasteiger partial charge is 0.483 e. The molecule has 3 amide bonds. The lowest BCUT2D eigenvalue weighted by atomic mass is 9.99. The molecule has 1 fully saturated rings. The highest BCUT2D eigenvalue weighted by Gasteiger charge is 2.40. The van der Waals surface area contributed by atoms with E-state index < -0.39 is 30.0 Å². The Labute approximate surface area is 251 Å². The van der Waals surface area contributed by atoms with Crippen LogP contribution in [-0.2, 0) is 27.3 Å². The number of nitrogens with zero attached hydrogens (tertiary/aromatic N) is 1. The third-order valence-corrected chi connectivity index (χ3v) is 8.43. The molecule has 3 aromatic rings. The fraction of sp³-hybridized carbons (Fsp3) is 0.364. The summed E-state index contributed by atoms with van der Waals surface area (Å²) in [6.45, 7) is 7.92. The normalized spacial score (nSPS) is 16.0. The summed E-state index contributed by atoms with van der Waals surface area (Å²) < 4.78 is 5.85. The van der Waals surface area contributed by atoms with Crippen LogP contribution in [-0.4, -0.2) is 64.2 Å². The van der Waals surface area contributed by atoms with E-state index in [1.807, 2.05) is 94.4 Å². The van der Waals surface area contributed by atoms with Gasteiger partial charge in [0.2, 0.25) is 5.91 Å². The number of aryl methyl sites for hydroxylation is 4. The van der Waals surface area contributed by atoms with Crippen molar-refractivity contribution in [1.82, 2.24) is 15.5 Å². The average Bonchev–Trinajstić information content (AvgIpc) is 3.46. The predicted molar refractivity (Wildman–Crippen MR) is 165 cm³/mol. The average molecular weight is 590 g/mol. The number of thioether (sulfide) groups is 1. The molecule has 8 nitrogen and oxygen atoms in total. The zero-order valence-electron chi connectivity index (χ0n) is 24.6.